The van der Waals surface area contributed by atoms with Gasteiger partial charge in [-0.25, -0.2) is 0 Å². The van der Waals surface area contributed by atoms with E-state index in [1.165, 1.54) is 17.3 Å². The van der Waals surface area contributed by atoms with Gasteiger partial charge in [-0.15, -0.1) is 11.8 Å². The van der Waals surface area contributed by atoms with Gasteiger partial charge in [0, 0.05) is 16.1 Å². The molecular formula is C19H22N2O2S. The van der Waals surface area contributed by atoms with E-state index in [4.69, 9.17) is 5.73 Å². The first kappa shape index (κ1) is 18.1. The van der Waals surface area contributed by atoms with Gasteiger partial charge in [0.1, 0.15) is 0 Å². The number of nitrogens with two attached hydrogens (primary N) is 1. The lowest BCUT2D eigenvalue weighted by molar-refractivity contribution is -0.115. The van der Waals surface area contributed by atoms with E-state index in [0.717, 1.165) is 4.90 Å². The molecule has 126 valence electrons. The van der Waals surface area contributed by atoms with Crippen LogP contribution in [0.15, 0.2) is 53.4 Å². The summed E-state index contributed by atoms with van der Waals surface area (Å²) in [5, 5.41) is 2.61. The van der Waals surface area contributed by atoms with Crippen LogP contribution in [0.1, 0.15) is 42.6 Å². The molecule has 0 fully saturated rings. The van der Waals surface area contributed by atoms with E-state index in [2.05, 4.69) is 31.3 Å². The average Bonchev–Trinajstić information content (AvgIpc) is 2.55. The third kappa shape index (κ3) is 4.86. The number of nitrogens with one attached hydrogen (secondary N) is 1. The lowest BCUT2D eigenvalue weighted by atomic mass is 10.0. The molecular weight excluding hydrogens is 320 g/mol. The van der Waals surface area contributed by atoms with Crippen molar-refractivity contribution in [1.29, 1.82) is 0 Å². The standard InChI is InChI=1S/C19H22N2O2S/c1-12(2)14-6-10-17(11-7-14)24-13(3)19(23)21-16-8-4-15(5-9-16)18(20)22/h4-13H,1-3H3,(H2,20,22)(H,21,23). The van der Waals surface area contributed by atoms with Gasteiger partial charge in [0.05, 0.1) is 5.25 Å². The predicted molar refractivity (Wildman–Crippen MR) is 99.4 cm³/mol. The molecule has 0 aliphatic rings. The van der Waals surface area contributed by atoms with Gasteiger partial charge < -0.3 is 11.1 Å². The number of primary amides is 1. The van der Waals surface area contributed by atoms with Crippen LogP contribution in [0.4, 0.5) is 5.69 Å². The van der Waals surface area contributed by atoms with E-state index in [1.54, 1.807) is 24.3 Å². The number of rotatable bonds is 6. The zero-order valence-corrected chi connectivity index (χ0v) is 14.9. The Hall–Kier alpha value is -2.27. The van der Waals surface area contributed by atoms with Gasteiger partial charge in [-0.2, -0.15) is 0 Å². The molecule has 24 heavy (non-hydrogen) atoms. The third-order valence-electron chi connectivity index (χ3n) is 3.67. The molecule has 1 atom stereocenters. The number of benzene rings is 2. The summed E-state index contributed by atoms with van der Waals surface area (Å²) in [4.78, 5) is 24.4. The van der Waals surface area contributed by atoms with E-state index in [1.807, 2.05) is 19.1 Å². The van der Waals surface area contributed by atoms with Crippen LogP contribution in [0.5, 0.6) is 0 Å². The summed E-state index contributed by atoms with van der Waals surface area (Å²) in [6.07, 6.45) is 0. The van der Waals surface area contributed by atoms with Crippen molar-refractivity contribution in [2.75, 3.05) is 5.32 Å². The Morgan fingerprint density at radius 2 is 1.54 bits per heavy atom. The molecule has 0 saturated heterocycles. The molecule has 4 nitrogen and oxygen atoms in total. The van der Waals surface area contributed by atoms with Gasteiger partial charge in [-0.05, 0) is 54.8 Å². The summed E-state index contributed by atoms with van der Waals surface area (Å²) in [5.41, 5.74) is 7.55. The summed E-state index contributed by atoms with van der Waals surface area (Å²) in [7, 11) is 0. The Kier molecular flexibility index (Phi) is 6.04. The van der Waals surface area contributed by atoms with Crippen LogP contribution in [-0.2, 0) is 4.79 Å². The lowest BCUT2D eigenvalue weighted by Crippen LogP contribution is -2.22. The van der Waals surface area contributed by atoms with Crippen molar-refractivity contribution in [3.63, 3.8) is 0 Å². The van der Waals surface area contributed by atoms with Crippen LogP contribution in [-0.4, -0.2) is 17.1 Å². The minimum Gasteiger partial charge on any atom is -0.366 e. The van der Waals surface area contributed by atoms with E-state index in [9.17, 15) is 9.59 Å². The topological polar surface area (TPSA) is 72.2 Å². The SMILES string of the molecule is CC(Sc1ccc(C(C)C)cc1)C(=O)Nc1ccc(C(N)=O)cc1. The largest absolute Gasteiger partial charge is 0.366 e. The van der Waals surface area contributed by atoms with Crippen LogP contribution in [0.2, 0.25) is 0 Å². The summed E-state index contributed by atoms with van der Waals surface area (Å²) in [6, 6.07) is 14.8. The molecule has 0 spiro atoms. The Balaban J connectivity index is 1.95. The van der Waals surface area contributed by atoms with Crippen molar-refractivity contribution in [2.45, 2.75) is 36.8 Å². The second-order valence-electron chi connectivity index (χ2n) is 5.91. The van der Waals surface area contributed by atoms with Gasteiger partial charge >= 0.3 is 0 Å². The van der Waals surface area contributed by atoms with Crippen molar-refractivity contribution in [3.05, 3.63) is 59.7 Å². The molecule has 2 aromatic carbocycles. The number of carbonyl (C=O) groups is 2. The van der Waals surface area contributed by atoms with Crippen molar-refractivity contribution >= 4 is 29.3 Å². The Morgan fingerprint density at radius 1 is 0.958 bits per heavy atom. The van der Waals surface area contributed by atoms with Gasteiger partial charge in [0.15, 0.2) is 0 Å². The molecule has 2 rings (SSSR count). The van der Waals surface area contributed by atoms with Crippen molar-refractivity contribution in [2.24, 2.45) is 5.73 Å². The van der Waals surface area contributed by atoms with Crippen molar-refractivity contribution < 1.29 is 9.59 Å². The van der Waals surface area contributed by atoms with Gasteiger partial charge in [-0.3, -0.25) is 9.59 Å². The van der Waals surface area contributed by atoms with Crippen LogP contribution >= 0.6 is 11.8 Å². The second kappa shape index (κ2) is 8.02. The molecule has 5 heteroatoms. The minimum atomic E-state index is -0.485. The van der Waals surface area contributed by atoms with E-state index in [0.29, 0.717) is 17.2 Å². The first-order valence-corrected chi connectivity index (χ1v) is 8.72. The molecule has 2 amide bonds. The Bertz CT molecular complexity index is 709. The molecule has 0 radical (unpaired) electrons. The highest BCUT2D eigenvalue weighted by atomic mass is 32.2. The molecule has 3 N–H and O–H groups in total. The van der Waals surface area contributed by atoms with Crippen LogP contribution in [0, 0.1) is 0 Å². The fraction of sp³-hybridized carbons (Fsp3) is 0.263. The Morgan fingerprint density at radius 3 is 2.04 bits per heavy atom. The van der Waals surface area contributed by atoms with Crippen LogP contribution in [0.25, 0.3) is 0 Å². The highest BCUT2D eigenvalue weighted by Crippen LogP contribution is 2.26. The maximum atomic E-state index is 12.3. The lowest BCUT2D eigenvalue weighted by Gasteiger charge is -2.13. The first-order valence-electron chi connectivity index (χ1n) is 7.84. The number of thioether (sulfide) groups is 1. The molecule has 0 heterocycles. The first-order chi connectivity index (χ1) is 11.4. The predicted octanol–water partition coefficient (Wildman–Crippen LogP) is 4.03. The highest BCUT2D eigenvalue weighted by Gasteiger charge is 2.15. The van der Waals surface area contributed by atoms with Crippen molar-refractivity contribution in [3.8, 4) is 0 Å². The smallest absolute Gasteiger partial charge is 0.248 e. The molecule has 0 saturated carbocycles. The Labute approximate surface area is 146 Å². The molecule has 1 unspecified atom stereocenters. The number of amides is 2. The summed E-state index contributed by atoms with van der Waals surface area (Å²) in [6.45, 7) is 6.18. The van der Waals surface area contributed by atoms with Crippen LogP contribution in [0.3, 0.4) is 0 Å². The molecule has 0 bridgehead atoms. The fourth-order valence-corrected chi connectivity index (χ4v) is 3.02. The van der Waals surface area contributed by atoms with Crippen molar-refractivity contribution in [1.82, 2.24) is 0 Å². The van der Waals surface area contributed by atoms with E-state index in [-0.39, 0.29) is 11.2 Å². The van der Waals surface area contributed by atoms with Gasteiger partial charge in [-0.1, -0.05) is 26.0 Å². The molecule has 0 aliphatic carbocycles. The molecule has 2 aromatic rings. The minimum absolute atomic E-state index is 0.0836. The zero-order valence-electron chi connectivity index (χ0n) is 14.1. The zero-order chi connectivity index (χ0) is 17.7. The van der Waals surface area contributed by atoms with E-state index < -0.39 is 5.91 Å². The fourth-order valence-electron chi connectivity index (χ4n) is 2.15. The summed E-state index contributed by atoms with van der Waals surface area (Å²) >= 11 is 1.51. The van der Waals surface area contributed by atoms with Crippen LogP contribution < -0.4 is 11.1 Å². The summed E-state index contributed by atoms with van der Waals surface area (Å²) in [5.74, 6) is -0.0745. The molecule has 0 aromatic heterocycles. The quantitative estimate of drug-likeness (QED) is 0.779. The monoisotopic (exact) mass is 342 g/mol. The number of carbonyl (C=O) groups excluding carboxylic acids is 2. The molecule has 0 aliphatic heterocycles. The van der Waals surface area contributed by atoms with E-state index >= 15 is 0 Å². The second-order valence-corrected chi connectivity index (χ2v) is 7.33. The van der Waals surface area contributed by atoms with Gasteiger partial charge in [0.2, 0.25) is 11.8 Å². The number of anilines is 1. The maximum Gasteiger partial charge on any atom is 0.248 e. The highest BCUT2D eigenvalue weighted by molar-refractivity contribution is 8.00. The van der Waals surface area contributed by atoms with Gasteiger partial charge in [0.25, 0.3) is 0 Å². The average molecular weight is 342 g/mol. The maximum absolute atomic E-state index is 12.3. The number of hydrogen-bond donors (Lipinski definition) is 2. The third-order valence-corrected chi connectivity index (χ3v) is 4.78. The summed E-state index contributed by atoms with van der Waals surface area (Å²) < 4.78 is 0. The normalized spacial score (nSPS) is 12.0. The number of hydrogen-bond acceptors (Lipinski definition) is 3.